The van der Waals surface area contributed by atoms with Gasteiger partial charge in [-0.05, 0) is 62.2 Å². The van der Waals surface area contributed by atoms with E-state index in [0.29, 0.717) is 11.3 Å². The minimum absolute atomic E-state index is 0.161. The van der Waals surface area contributed by atoms with E-state index in [0.717, 1.165) is 11.1 Å². The molecule has 0 fully saturated rings. The summed E-state index contributed by atoms with van der Waals surface area (Å²) in [5.41, 5.74) is 4.32. The Morgan fingerprint density at radius 3 is 2.25 bits per heavy atom. The van der Waals surface area contributed by atoms with Gasteiger partial charge in [-0.1, -0.05) is 24.3 Å². The largest absolute Gasteiger partial charge is 0.326 e. The first-order valence-corrected chi connectivity index (χ1v) is 9.11. The second kappa shape index (κ2) is 7.15. The van der Waals surface area contributed by atoms with Crippen molar-refractivity contribution in [1.29, 1.82) is 0 Å². The van der Waals surface area contributed by atoms with Crippen LogP contribution in [0.4, 0.5) is 5.69 Å². The highest BCUT2D eigenvalue weighted by Gasteiger charge is 2.16. The van der Waals surface area contributed by atoms with Crippen molar-refractivity contribution in [2.24, 2.45) is 0 Å². The van der Waals surface area contributed by atoms with Crippen LogP contribution >= 0.6 is 0 Å². The molecule has 6 heteroatoms. The molecule has 0 atom stereocenters. The van der Waals surface area contributed by atoms with Crippen molar-refractivity contribution >= 4 is 21.6 Å². The minimum atomic E-state index is -3.56. The fourth-order valence-electron chi connectivity index (χ4n) is 2.38. The average molecular weight is 346 g/mol. The third kappa shape index (κ3) is 4.21. The van der Waals surface area contributed by atoms with Gasteiger partial charge in [0.2, 0.25) is 15.9 Å². The van der Waals surface area contributed by atoms with Crippen LogP contribution in [0.25, 0.3) is 0 Å². The summed E-state index contributed by atoms with van der Waals surface area (Å²) in [7, 11) is -2.20. The third-order valence-corrected chi connectivity index (χ3v) is 5.52. The molecule has 0 aliphatic rings. The Labute approximate surface area is 143 Å². The number of hydrogen-bond acceptors (Lipinski definition) is 3. The molecule has 0 bridgehead atoms. The van der Waals surface area contributed by atoms with Crippen LogP contribution in [0.2, 0.25) is 0 Å². The monoisotopic (exact) mass is 346 g/mol. The first-order valence-electron chi connectivity index (χ1n) is 7.63. The zero-order chi connectivity index (χ0) is 17.9. The van der Waals surface area contributed by atoms with Gasteiger partial charge in [-0.15, -0.1) is 0 Å². The molecule has 0 aromatic heterocycles. The van der Waals surface area contributed by atoms with Gasteiger partial charge in [0.05, 0.1) is 11.3 Å². The van der Waals surface area contributed by atoms with E-state index in [-0.39, 0.29) is 17.2 Å². The fourth-order valence-corrected chi connectivity index (χ4v) is 3.38. The molecule has 0 spiro atoms. The molecule has 0 radical (unpaired) electrons. The molecule has 0 saturated carbocycles. The van der Waals surface area contributed by atoms with Crippen LogP contribution in [0.5, 0.6) is 0 Å². The number of amides is 1. The first-order chi connectivity index (χ1) is 11.2. The molecule has 0 saturated heterocycles. The molecule has 2 aromatic carbocycles. The number of carbonyl (C=O) groups excluding carboxylic acids is 1. The zero-order valence-electron chi connectivity index (χ0n) is 14.3. The lowest BCUT2D eigenvalue weighted by atomic mass is 10.0. The van der Waals surface area contributed by atoms with Gasteiger partial charge in [-0.25, -0.2) is 13.1 Å². The molecular formula is C18H22N2O3S. The van der Waals surface area contributed by atoms with Crippen molar-refractivity contribution in [2.75, 3.05) is 12.4 Å². The van der Waals surface area contributed by atoms with Crippen molar-refractivity contribution in [1.82, 2.24) is 4.72 Å². The summed E-state index contributed by atoms with van der Waals surface area (Å²) in [6.07, 6.45) is 0.239. The van der Waals surface area contributed by atoms with E-state index < -0.39 is 10.0 Å². The zero-order valence-corrected chi connectivity index (χ0v) is 15.1. The molecule has 0 unspecified atom stereocenters. The van der Waals surface area contributed by atoms with Gasteiger partial charge in [0.1, 0.15) is 0 Å². The Balaban J connectivity index is 2.17. The summed E-state index contributed by atoms with van der Waals surface area (Å²) >= 11 is 0. The number of anilines is 1. The summed E-state index contributed by atoms with van der Waals surface area (Å²) in [5, 5.41) is 2.76. The Kier molecular flexibility index (Phi) is 5.41. The third-order valence-electron chi connectivity index (χ3n) is 3.97. The predicted molar refractivity (Wildman–Crippen MR) is 95.7 cm³/mol. The van der Waals surface area contributed by atoms with Crippen LogP contribution in [-0.4, -0.2) is 21.4 Å². The molecule has 5 nitrogen and oxygen atoms in total. The van der Waals surface area contributed by atoms with Crippen LogP contribution in [0.15, 0.2) is 41.3 Å². The lowest BCUT2D eigenvalue weighted by Gasteiger charge is -2.11. The Morgan fingerprint density at radius 2 is 1.62 bits per heavy atom. The molecule has 2 N–H and O–H groups in total. The number of rotatable bonds is 5. The smallest absolute Gasteiger partial charge is 0.240 e. The SMILES string of the molecule is CNS(=O)(=O)c1cc(NC(=O)Cc2ccc(C)c(C)c2)ccc1C. The lowest BCUT2D eigenvalue weighted by molar-refractivity contribution is -0.115. The van der Waals surface area contributed by atoms with Crippen molar-refractivity contribution < 1.29 is 13.2 Å². The van der Waals surface area contributed by atoms with E-state index in [2.05, 4.69) is 10.0 Å². The Bertz CT molecular complexity index is 874. The van der Waals surface area contributed by atoms with Crippen molar-refractivity contribution in [2.45, 2.75) is 32.1 Å². The van der Waals surface area contributed by atoms with Gasteiger partial charge in [0.15, 0.2) is 0 Å². The van der Waals surface area contributed by atoms with Gasteiger partial charge < -0.3 is 5.32 Å². The van der Waals surface area contributed by atoms with E-state index in [9.17, 15) is 13.2 Å². The molecule has 2 rings (SSSR count). The first kappa shape index (κ1) is 18.2. The fraction of sp³-hybridized carbons (Fsp3) is 0.278. The lowest BCUT2D eigenvalue weighted by Crippen LogP contribution is -2.20. The number of aryl methyl sites for hydroxylation is 3. The number of hydrogen-bond donors (Lipinski definition) is 2. The summed E-state index contributed by atoms with van der Waals surface area (Å²) in [4.78, 5) is 12.4. The quantitative estimate of drug-likeness (QED) is 0.874. The van der Waals surface area contributed by atoms with Crippen LogP contribution in [0.3, 0.4) is 0 Å². The molecule has 2 aromatic rings. The number of benzene rings is 2. The molecule has 0 aliphatic heterocycles. The van der Waals surface area contributed by atoms with Crippen molar-refractivity contribution in [3.8, 4) is 0 Å². The molecule has 0 heterocycles. The number of carbonyl (C=O) groups is 1. The van der Waals surface area contributed by atoms with Gasteiger partial charge in [-0.2, -0.15) is 0 Å². The normalized spacial score (nSPS) is 11.3. The van der Waals surface area contributed by atoms with E-state index in [1.54, 1.807) is 19.1 Å². The molecule has 24 heavy (non-hydrogen) atoms. The summed E-state index contributed by atoms with van der Waals surface area (Å²) in [5.74, 6) is -0.185. The Hall–Kier alpha value is -2.18. The second-order valence-corrected chi connectivity index (χ2v) is 7.69. The maximum atomic E-state index is 12.2. The highest BCUT2D eigenvalue weighted by molar-refractivity contribution is 7.89. The van der Waals surface area contributed by atoms with Gasteiger partial charge in [-0.3, -0.25) is 4.79 Å². The highest BCUT2D eigenvalue weighted by Crippen LogP contribution is 2.20. The summed E-state index contributed by atoms with van der Waals surface area (Å²) in [6.45, 7) is 5.74. The van der Waals surface area contributed by atoms with Gasteiger partial charge >= 0.3 is 0 Å². The minimum Gasteiger partial charge on any atom is -0.326 e. The van der Waals surface area contributed by atoms with E-state index in [1.165, 1.54) is 18.7 Å². The van der Waals surface area contributed by atoms with Gasteiger partial charge in [0.25, 0.3) is 0 Å². The van der Waals surface area contributed by atoms with Crippen LogP contribution < -0.4 is 10.0 Å². The summed E-state index contributed by atoms with van der Waals surface area (Å²) < 4.78 is 26.3. The molecule has 128 valence electrons. The average Bonchev–Trinajstić information content (AvgIpc) is 2.52. The predicted octanol–water partition coefficient (Wildman–Crippen LogP) is 2.70. The molecule has 0 aliphatic carbocycles. The van der Waals surface area contributed by atoms with Crippen LogP contribution in [-0.2, 0) is 21.2 Å². The summed E-state index contributed by atoms with van der Waals surface area (Å²) in [6, 6.07) is 10.7. The van der Waals surface area contributed by atoms with Crippen LogP contribution in [0, 0.1) is 20.8 Å². The topological polar surface area (TPSA) is 75.3 Å². The second-order valence-electron chi connectivity index (χ2n) is 5.83. The maximum Gasteiger partial charge on any atom is 0.240 e. The van der Waals surface area contributed by atoms with Crippen molar-refractivity contribution in [3.63, 3.8) is 0 Å². The Morgan fingerprint density at radius 1 is 0.958 bits per heavy atom. The maximum absolute atomic E-state index is 12.2. The number of nitrogens with one attached hydrogen (secondary N) is 2. The van der Waals surface area contributed by atoms with Gasteiger partial charge in [0, 0.05) is 5.69 Å². The molecule has 1 amide bonds. The van der Waals surface area contributed by atoms with Crippen LogP contribution in [0.1, 0.15) is 22.3 Å². The standard InChI is InChI=1S/C18H22N2O3S/c1-12-5-7-15(9-14(12)3)10-18(21)20-16-8-6-13(2)17(11-16)24(22,23)19-4/h5-9,11,19H,10H2,1-4H3,(H,20,21). The number of sulfonamides is 1. The van der Waals surface area contributed by atoms with E-state index in [4.69, 9.17) is 0 Å². The molecular weight excluding hydrogens is 324 g/mol. The van der Waals surface area contributed by atoms with E-state index in [1.807, 2.05) is 32.0 Å². The highest BCUT2D eigenvalue weighted by atomic mass is 32.2. The van der Waals surface area contributed by atoms with E-state index >= 15 is 0 Å². The van der Waals surface area contributed by atoms with Crippen molar-refractivity contribution in [3.05, 3.63) is 58.7 Å².